The Bertz CT molecular complexity index is 352. The molecular formula is C22H43N2O+. The highest BCUT2D eigenvalue weighted by Crippen LogP contribution is 2.13. The van der Waals surface area contributed by atoms with Crippen LogP contribution in [0, 0.1) is 0 Å². The summed E-state index contributed by atoms with van der Waals surface area (Å²) in [6.45, 7) is 3.63. The zero-order valence-electron chi connectivity index (χ0n) is 16.8. The maximum atomic E-state index is 9.03. The molecule has 0 amide bonds. The first-order chi connectivity index (χ1) is 12.4. The predicted octanol–water partition coefficient (Wildman–Crippen LogP) is 5.01. The van der Waals surface area contributed by atoms with Gasteiger partial charge in [-0.25, -0.2) is 4.99 Å². The Morgan fingerprint density at radius 1 is 0.760 bits per heavy atom. The van der Waals surface area contributed by atoms with Crippen molar-refractivity contribution in [3.8, 4) is 0 Å². The lowest BCUT2D eigenvalue weighted by Crippen LogP contribution is -3.09. The van der Waals surface area contributed by atoms with E-state index in [1.165, 1.54) is 101 Å². The quantitative estimate of drug-likeness (QED) is 0.335. The predicted molar refractivity (Wildman–Crippen MR) is 109 cm³/mol. The second kappa shape index (κ2) is 16.8. The van der Waals surface area contributed by atoms with Gasteiger partial charge in [-0.1, -0.05) is 90.4 Å². The van der Waals surface area contributed by atoms with Crippen LogP contribution < -0.4 is 4.90 Å². The summed E-state index contributed by atoms with van der Waals surface area (Å²) in [7, 11) is 0. The largest absolute Gasteiger partial charge is 0.396 e. The SMILES string of the molecule is CCCCCCCCCCCCCCCCC[NH+]1C=CN=C1CCO. The fraction of sp³-hybridized carbons (Fsp3) is 0.864. The second-order valence-corrected chi connectivity index (χ2v) is 7.59. The third-order valence-electron chi connectivity index (χ3n) is 5.28. The number of hydrogen-bond donors (Lipinski definition) is 2. The molecule has 0 radical (unpaired) electrons. The number of amidine groups is 1. The third-order valence-corrected chi connectivity index (χ3v) is 5.28. The van der Waals surface area contributed by atoms with E-state index >= 15 is 0 Å². The van der Waals surface area contributed by atoms with Crippen LogP contribution >= 0.6 is 0 Å². The average molecular weight is 352 g/mol. The first-order valence-corrected chi connectivity index (χ1v) is 11.1. The molecule has 0 aliphatic carbocycles. The fourth-order valence-electron chi connectivity index (χ4n) is 3.64. The molecule has 0 saturated heterocycles. The van der Waals surface area contributed by atoms with Gasteiger partial charge in [0.2, 0.25) is 5.84 Å². The van der Waals surface area contributed by atoms with Crippen molar-refractivity contribution >= 4 is 5.84 Å². The van der Waals surface area contributed by atoms with Crippen LogP contribution in [0.3, 0.4) is 0 Å². The molecule has 1 rings (SSSR count). The smallest absolute Gasteiger partial charge is 0.208 e. The lowest BCUT2D eigenvalue weighted by atomic mass is 10.0. The molecule has 1 heterocycles. The second-order valence-electron chi connectivity index (χ2n) is 7.59. The van der Waals surface area contributed by atoms with Gasteiger partial charge in [-0.2, -0.15) is 0 Å². The topological polar surface area (TPSA) is 37.0 Å². The van der Waals surface area contributed by atoms with E-state index < -0.39 is 0 Å². The maximum absolute atomic E-state index is 9.03. The van der Waals surface area contributed by atoms with Crippen LogP contribution in [0.4, 0.5) is 0 Å². The summed E-state index contributed by atoms with van der Waals surface area (Å²) in [5.74, 6) is 1.10. The lowest BCUT2D eigenvalue weighted by molar-refractivity contribution is -0.746. The first-order valence-electron chi connectivity index (χ1n) is 11.1. The van der Waals surface area contributed by atoms with Gasteiger partial charge in [0.15, 0.2) is 0 Å². The molecular weight excluding hydrogens is 308 g/mol. The van der Waals surface area contributed by atoms with Crippen molar-refractivity contribution in [3.05, 3.63) is 12.4 Å². The van der Waals surface area contributed by atoms with Crippen LogP contribution in [0.15, 0.2) is 17.4 Å². The Morgan fingerprint density at radius 2 is 1.24 bits per heavy atom. The van der Waals surface area contributed by atoms with Crippen LogP contribution in [0.25, 0.3) is 0 Å². The number of aliphatic hydroxyl groups is 1. The number of hydrogen-bond acceptors (Lipinski definition) is 2. The minimum absolute atomic E-state index is 0.211. The van der Waals surface area contributed by atoms with E-state index in [1.807, 2.05) is 6.20 Å². The van der Waals surface area contributed by atoms with Crippen molar-refractivity contribution in [1.82, 2.24) is 0 Å². The van der Waals surface area contributed by atoms with E-state index in [0.717, 1.165) is 12.4 Å². The van der Waals surface area contributed by atoms with Gasteiger partial charge in [-0.15, -0.1) is 0 Å². The van der Waals surface area contributed by atoms with Gasteiger partial charge < -0.3 is 5.11 Å². The third kappa shape index (κ3) is 12.3. The minimum Gasteiger partial charge on any atom is -0.396 e. The van der Waals surface area contributed by atoms with Crippen LogP contribution in [0.5, 0.6) is 0 Å². The monoisotopic (exact) mass is 351 g/mol. The summed E-state index contributed by atoms with van der Waals surface area (Å²) >= 11 is 0. The van der Waals surface area contributed by atoms with Crippen molar-refractivity contribution in [2.24, 2.45) is 4.99 Å². The maximum Gasteiger partial charge on any atom is 0.208 e. The summed E-state index contributed by atoms with van der Waals surface area (Å²) in [4.78, 5) is 5.69. The molecule has 3 nitrogen and oxygen atoms in total. The number of rotatable bonds is 18. The molecule has 0 aromatic rings. The molecule has 2 N–H and O–H groups in total. The van der Waals surface area contributed by atoms with Gasteiger partial charge in [0, 0.05) is 0 Å². The molecule has 0 aromatic carbocycles. The van der Waals surface area contributed by atoms with Crippen LogP contribution in [-0.2, 0) is 0 Å². The Morgan fingerprint density at radius 3 is 1.72 bits per heavy atom. The van der Waals surface area contributed by atoms with E-state index in [9.17, 15) is 0 Å². The summed E-state index contributed by atoms with van der Waals surface area (Å²) in [5.41, 5.74) is 0. The summed E-state index contributed by atoms with van der Waals surface area (Å²) < 4.78 is 0. The number of nitrogens with zero attached hydrogens (tertiary/aromatic N) is 1. The van der Waals surface area contributed by atoms with Crippen molar-refractivity contribution in [2.45, 2.75) is 110 Å². The molecule has 146 valence electrons. The van der Waals surface area contributed by atoms with E-state index in [1.54, 1.807) is 0 Å². The highest BCUT2D eigenvalue weighted by Gasteiger charge is 2.17. The zero-order chi connectivity index (χ0) is 18.0. The molecule has 0 fully saturated rings. The number of quaternary nitrogens is 1. The molecule has 1 unspecified atom stereocenters. The molecule has 3 heteroatoms. The van der Waals surface area contributed by atoms with Gasteiger partial charge in [0.25, 0.3) is 0 Å². The number of aliphatic hydroxyl groups excluding tert-OH is 1. The molecule has 1 atom stereocenters. The molecule has 0 spiro atoms. The number of aliphatic imine (C=N–C) groups is 1. The molecule has 25 heavy (non-hydrogen) atoms. The van der Waals surface area contributed by atoms with Crippen molar-refractivity contribution in [2.75, 3.05) is 13.2 Å². The Hall–Kier alpha value is -0.670. The summed E-state index contributed by atoms with van der Waals surface area (Å²) in [6.07, 6.45) is 25.9. The zero-order valence-corrected chi connectivity index (χ0v) is 16.8. The van der Waals surface area contributed by atoms with E-state index in [0.29, 0.717) is 6.42 Å². The van der Waals surface area contributed by atoms with Crippen molar-refractivity contribution in [3.63, 3.8) is 0 Å². The number of nitrogens with one attached hydrogen (secondary N) is 1. The molecule has 0 aromatic heterocycles. The number of unbranched alkanes of at least 4 members (excludes halogenated alkanes) is 14. The van der Waals surface area contributed by atoms with Crippen molar-refractivity contribution < 1.29 is 10.0 Å². The first kappa shape index (κ1) is 22.4. The molecule has 1 aliphatic rings. The normalized spacial score (nSPS) is 16.6. The van der Waals surface area contributed by atoms with Gasteiger partial charge in [0.05, 0.1) is 25.8 Å². The Labute approximate surface area is 156 Å². The summed E-state index contributed by atoms with van der Waals surface area (Å²) in [5, 5.41) is 9.03. The van der Waals surface area contributed by atoms with Gasteiger partial charge >= 0.3 is 0 Å². The Kier molecular flexibility index (Phi) is 15.0. The van der Waals surface area contributed by atoms with E-state index in [4.69, 9.17) is 5.11 Å². The average Bonchev–Trinajstić information content (AvgIpc) is 3.06. The standard InChI is InChI=1S/C22H42N2O/c1-2-3-4-5-6-7-8-9-10-11-12-13-14-15-16-19-24-20-18-23-22(24)17-21-25/h18,20,25H,2-17,19,21H2,1H3/p+1. The molecule has 0 saturated carbocycles. The highest BCUT2D eigenvalue weighted by atomic mass is 16.3. The Balaban J connectivity index is 1.76. The molecule has 0 bridgehead atoms. The van der Waals surface area contributed by atoms with Crippen LogP contribution in [0.2, 0.25) is 0 Å². The lowest BCUT2D eigenvalue weighted by Gasteiger charge is -2.11. The van der Waals surface area contributed by atoms with Gasteiger partial charge in [-0.3, -0.25) is 4.90 Å². The van der Waals surface area contributed by atoms with Crippen molar-refractivity contribution in [1.29, 1.82) is 0 Å². The van der Waals surface area contributed by atoms with Gasteiger partial charge in [0.1, 0.15) is 6.20 Å². The highest BCUT2D eigenvalue weighted by molar-refractivity contribution is 5.75. The van der Waals surface area contributed by atoms with Gasteiger partial charge in [-0.05, 0) is 12.8 Å². The summed E-state index contributed by atoms with van der Waals surface area (Å²) in [6, 6.07) is 0. The van der Waals surface area contributed by atoms with Crippen LogP contribution in [0.1, 0.15) is 110 Å². The van der Waals surface area contributed by atoms with E-state index in [-0.39, 0.29) is 6.61 Å². The van der Waals surface area contributed by atoms with E-state index in [2.05, 4.69) is 18.1 Å². The molecule has 1 aliphatic heterocycles. The minimum atomic E-state index is 0.211. The van der Waals surface area contributed by atoms with Crippen LogP contribution in [-0.4, -0.2) is 24.1 Å². The fourth-order valence-corrected chi connectivity index (χ4v) is 3.64.